The lowest BCUT2D eigenvalue weighted by Gasteiger charge is -2.20. The molecule has 20 heavy (non-hydrogen) atoms. The fourth-order valence-electron chi connectivity index (χ4n) is 3.14. The Balaban J connectivity index is 1.69. The average Bonchev–Trinajstić information content (AvgIpc) is 3.20. The molecule has 0 aromatic heterocycles. The molecule has 1 aliphatic carbocycles. The van der Waals surface area contributed by atoms with Crippen molar-refractivity contribution in [3.8, 4) is 0 Å². The molecule has 1 saturated heterocycles. The summed E-state index contributed by atoms with van der Waals surface area (Å²) in [4.78, 5) is 12.7. The van der Waals surface area contributed by atoms with Crippen molar-refractivity contribution >= 4 is 17.4 Å². The molecule has 2 aromatic rings. The number of halogens is 1. The first-order chi connectivity index (χ1) is 9.71. The van der Waals surface area contributed by atoms with Crippen LogP contribution in [0.1, 0.15) is 34.0 Å². The molecule has 0 saturated carbocycles. The predicted molar refractivity (Wildman–Crippen MR) is 77.1 cm³/mol. The van der Waals surface area contributed by atoms with Gasteiger partial charge in [-0.15, -0.1) is 0 Å². The third kappa shape index (κ3) is 1.65. The maximum absolute atomic E-state index is 12.7. The minimum absolute atomic E-state index is 0.124. The minimum Gasteiger partial charge on any atom is -0.352 e. The van der Waals surface area contributed by atoms with Gasteiger partial charge in [-0.25, -0.2) is 0 Å². The van der Waals surface area contributed by atoms with Crippen LogP contribution in [0, 0.1) is 0 Å². The molecule has 0 unspecified atom stereocenters. The van der Waals surface area contributed by atoms with Gasteiger partial charge in [0.1, 0.15) is 6.10 Å². The van der Waals surface area contributed by atoms with Crippen LogP contribution in [-0.4, -0.2) is 11.4 Å². The van der Waals surface area contributed by atoms with Crippen molar-refractivity contribution in [2.45, 2.75) is 24.5 Å². The highest BCUT2D eigenvalue weighted by Gasteiger charge is 2.63. The molecule has 100 valence electrons. The van der Waals surface area contributed by atoms with E-state index in [0.717, 1.165) is 29.5 Å². The van der Waals surface area contributed by atoms with Gasteiger partial charge in [-0.1, -0.05) is 48.0 Å². The van der Waals surface area contributed by atoms with Crippen molar-refractivity contribution in [1.82, 2.24) is 0 Å². The van der Waals surface area contributed by atoms with E-state index in [1.807, 2.05) is 48.5 Å². The van der Waals surface area contributed by atoms with E-state index in [4.69, 9.17) is 16.3 Å². The van der Waals surface area contributed by atoms with Crippen LogP contribution in [0.2, 0.25) is 5.02 Å². The third-order valence-corrected chi connectivity index (χ3v) is 4.53. The lowest BCUT2D eigenvalue weighted by atomic mass is 9.79. The monoisotopic (exact) mass is 284 g/mol. The second kappa shape index (κ2) is 4.18. The Hall–Kier alpha value is -1.64. The maximum Gasteiger partial charge on any atom is 0.198 e. The predicted octanol–water partition coefficient (Wildman–Crippen LogP) is 3.98. The largest absolute Gasteiger partial charge is 0.352 e. The summed E-state index contributed by atoms with van der Waals surface area (Å²) in [7, 11) is 0. The Bertz CT molecular complexity index is 692. The zero-order valence-corrected chi connectivity index (χ0v) is 11.6. The maximum atomic E-state index is 12.7. The summed E-state index contributed by atoms with van der Waals surface area (Å²) in [5.74, 6) is 0.124. The van der Waals surface area contributed by atoms with E-state index in [1.54, 1.807) is 0 Å². The van der Waals surface area contributed by atoms with E-state index in [1.165, 1.54) is 0 Å². The van der Waals surface area contributed by atoms with Crippen LogP contribution >= 0.6 is 11.6 Å². The van der Waals surface area contributed by atoms with Crippen molar-refractivity contribution in [3.05, 3.63) is 70.2 Å². The number of Topliss-reactive ketones (excluding diaryl/α,β-unsaturated/α-hetero) is 1. The zero-order chi connectivity index (χ0) is 13.7. The Morgan fingerprint density at radius 3 is 2.65 bits per heavy atom. The number of fused-ring (bicyclic) bond motifs is 1. The van der Waals surface area contributed by atoms with Gasteiger partial charge in [-0.3, -0.25) is 4.79 Å². The molecule has 4 rings (SSSR count). The minimum atomic E-state index is -0.637. The van der Waals surface area contributed by atoms with Crippen molar-refractivity contribution in [1.29, 1.82) is 0 Å². The van der Waals surface area contributed by atoms with Crippen LogP contribution in [0.15, 0.2) is 48.5 Å². The highest BCUT2D eigenvalue weighted by Crippen LogP contribution is 2.56. The molecule has 2 aromatic carbocycles. The van der Waals surface area contributed by atoms with Gasteiger partial charge in [-0.05, 0) is 36.1 Å². The van der Waals surface area contributed by atoms with Gasteiger partial charge >= 0.3 is 0 Å². The molecule has 2 aliphatic rings. The van der Waals surface area contributed by atoms with Gasteiger partial charge in [0.05, 0.1) is 0 Å². The summed E-state index contributed by atoms with van der Waals surface area (Å²) >= 11 is 5.90. The highest BCUT2D eigenvalue weighted by atomic mass is 35.5. The number of epoxide rings is 1. The summed E-state index contributed by atoms with van der Waals surface area (Å²) in [5, 5.41) is 0.698. The Labute approximate surface area is 122 Å². The van der Waals surface area contributed by atoms with Crippen LogP contribution in [0.3, 0.4) is 0 Å². The molecular weight excluding hydrogens is 272 g/mol. The fraction of sp³-hybridized carbons (Fsp3) is 0.235. The summed E-state index contributed by atoms with van der Waals surface area (Å²) in [5.41, 5.74) is 2.34. The first-order valence-electron chi connectivity index (χ1n) is 6.77. The first-order valence-corrected chi connectivity index (χ1v) is 7.14. The van der Waals surface area contributed by atoms with E-state index in [0.29, 0.717) is 5.02 Å². The summed E-state index contributed by atoms with van der Waals surface area (Å²) in [6.07, 6.45) is 1.53. The lowest BCUT2D eigenvalue weighted by Crippen LogP contribution is -2.31. The average molecular weight is 285 g/mol. The van der Waals surface area contributed by atoms with E-state index in [-0.39, 0.29) is 11.9 Å². The number of hydrogen-bond acceptors (Lipinski definition) is 2. The van der Waals surface area contributed by atoms with Crippen LogP contribution in [0.5, 0.6) is 0 Å². The SMILES string of the molecule is O=C1c2ccccc2CC[C@]12O[C@@H]2c1ccc(Cl)cc1. The Morgan fingerprint density at radius 1 is 1.10 bits per heavy atom. The number of ketones is 1. The smallest absolute Gasteiger partial charge is 0.198 e. The van der Waals surface area contributed by atoms with Gasteiger partial charge in [-0.2, -0.15) is 0 Å². The quantitative estimate of drug-likeness (QED) is 0.741. The molecular formula is C17H13ClO2. The van der Waals surface area contributed by atoms with Crippen LogP contribution in [0.25, 0.3) is 0 Å². The zero-order valence-electron chi connectivity index (χ0n) is 10.8. The second-order valence-electron chi connectivity index (χ2n) is 5.43. The molecule has 2 atom stereocenters. The number of benzene rings is 2. The molecule has 0 N–H and O–H groups in total. The topological polar surface area (TPSA) is 29.6 Å². The fourth-order valence-corrected chi connectivity index (χ4v) is 3.26. The van der Waals surface area contributed by atoms with Crippen molar-refractivity contribution in [3.63, 3.8) is 0 Å². The molecule has 0 bridgehead atoms. The van der Waals surface area contributed by atoms with Gasteiger partial charge in [0.25, 0.3) is 0 Å². The molecule has 3 heteroatoms. The lowest BCUT2D eigenvalue weighted by molar-refractivity contribution is 0.0850. The van der Waals surface area contributed by atoms with Crippen LogP contribution in [0.4, 0.5) is 0 Å². The van der Waals surface area contributed by atoms with E-state index in [9.17, 15) is 4.79 Å². The molecule has 1 heterocycles. The van der Waals surface area contributed by atoms with E-state index >= 15 is 0 Å². The van der Waals surface area contributed by atoms with Gasteiger partial charge in [0.2, 0.25) is 0 Å². The number of rotatable bonds is 1. The Kier molecular flexibility index (Phi) is 2.53. The molecule has 0 amide bonds. The van der Waals surface area contributed by atoms with E-state index in [2.05, 4.69) is 0 Å². The molecule has 1 spiro atoms. The summed E-state index contributed by atoms with van der Waals surface area (Å²) < 4.78 is 5.85. The molecule has 1 aliphatic heterocycles. The number of carbonyl (C=O) groups is 1. The Morgan fingerprint density at radius 2 is 1.85 bits per heavy atom. The molecule has 2 nitrogen and oxygen atoms in total. The van der Waals surface area contributed by atoms with Crippen molar-refractivity contribution < 1.29 is 9.53 Å². The normalized spacial score (nSPS) is 27.4. The number of ether oxygens (including phenoxy) is 1. The standard InChI is InChI=1S/C17H13ClO2/c18-13-7-5-12(6-8-13)16-17(20-16)10-9-11-3-1-2-4-14(11)15(17)19/h1-8,16H,9-10H2/t16-,17+/m1/s1. The van der Waals surface area contributed by atoms with Crippen molar-refractivity contribution in [2.75, 3.05) is 0 Å². The van der Waals surface area contributed by atoms with Gasteiger partial charge < -0.3 is 4.74 Å². The first kappa shape index (κ1) is 12.1. The molecule has 0 radical (unpaired) electrons. The van der Waals surface area contributed by atoms with Crippen LogP contribution in [-0.2, 0) is 11.2 Å². The van der Waals surface area contributed by atoms with Crippen LogP contribution < -0.4 is 0 Å². The number of aryl methyl sites for hydroxylation is 1. The number of carbonyl (C=O) groups excluding carboxylic acids is 1. The summed E-state index contributed by atoms with van der Waals surface area (Å²) in [6.45, 7) is 0. The summed E-state index contributed by atoms with van der Waals surface area (Å²) in [6, 6.07) is 15.4. The van der Waals surface area contributed by atoms with E-state index < -0.39 is 5.60 Å². The van der Waals surface area contributed by atoms with Gasteiger partial charge in [0, 0.05) is 10.6 Å². The van der Waals surface area contributed by atoms with Crippen molar-refractivity contribution in [2.24, 2.45) is 0 Å². The highest BCUT2D eigenvalue weighted by molar-refractivity contribution is 6.30. The second-order valence-corrected chi connectivity index (χ2v) is 5.86. The number of hydrogen-bond donors (Lipinski definition) is 0. The third-order valence-electron chi connectivity index (χ3n) is 4.28. The molecule has 1 fully saturated rings. The van der Waals surface area contributed by atoms with Gasteiger partial charge in [0.15, 0.2) is 11.4 Å².